The van der Waals surface area contributed by atoms with Crippen LogP contribution < -0.4 is 16.0 Å². The molecule has 0 saturated heterocycles. The quantitative estimate of drug-likeness (QED) is 0.0801. The first-order chi connectivity index (χ1) is 18.2. The van der Waals surface area contributed by atoms with E-state index >= 15 is 0 Å². The standard InChI is InChI=1S/C25H43N3O10/c1-2-20(30)28-23(25(35)36)19(11-14-29)24(34)27-13-16-38-18-17-37-15-12-26-21(31)9-7-5-3-4-6-8-10-22(32)33/h14,19,23H,2-13,15-18H2,1H3,(H,26,31)(H,27,34)(H,28,30)(H,32,33)(H,35,36)/t19?,23-/m0/s1. The van der Waals surface area contributed by atoms with Crippen molar-refractivity contribution in [2.24, 2.45) is 5.92 Å². The summed E-state index contributed by atoms with van der Waals surface area (Å²) in [5, 5.41) is 25.4. The Labute approximate surface area is 223 Å². The molecule has 5 N–H and O–H groups in total. The summed E-state index contributed by atoms with van der Waals surface area (Å²) >= 11 is 0. The van der Waals surface area contributed by atoms with Crippen molar-refractivity contribution in [3.63, 3.8) is 0 Å². The number of aliphatic carboxylic acids is 2. The highest BCUT2D eigenvalue weighted by Gasteiger charge is 2.34. The van der Waals surface area contributed by atoms with Crippen molar-refractivity contribution in [2.75, 3.05) is 39.5 Å². The number of carbonyl (C=O) groups is 6. The van der Waals surface area contributed by atoms with Crippen LogP contribution in [0.3, 0.4) is 0 Å². The van der Waals surface area contributed by atoms with E-state index in [0.29, 0.717) is 32.3 Å². The molecule has 1 unspecified atom stereocenters. The molecular weight excluding hydrogens is 502 g/mol. The van der Waals surface area contributed by atoms with E-state index in [1.807, 2.05) is 0 Å². The molecule has 0 aliphatic carbocycles. The highest BCUT2D eigenvalue weighted by atomic mass is 16.5. The lowest BCUT2D eigenvalue weighted by atomic mass is 9.95. The molecule has 0 heterocycles. The molecule has 13 nitrogen and oxygen atoms in total. The Kier molecular flexibility index (Phi) is 21.2. The third kappa shape index (κ3) is 19.1. The second kappa shape index (κ2) is 23.1. The second-order valence-corrected chi connectivity index (χ2v) is 8.63. The molecule has 218 valence electrons. The predicted octanol–water partition coefficient (Wildman–Crippen LogP) is 0.642. The lowest BCUT2D eigenvalue weighted by molar-refractivity contribution is -0.146. The molecule has 0 aliphatic heterocycles. The van der Waals surface area contributed by atoms with E-state index in [1.165, 1.54) is 0 Å². The smallest absolute Gasteiger partial charge is 0.327 e. The molecule has 3 amide bonds. The fourth-order valence-corrected chi connectivity index (χ4v) is 3.43. The predicted molar refractivity (Wildman–Crippen MR) is 136 cm³/mol. The number of rotatable bonds is 25. The summed E-state index contributed by atoms with van der Waals surface area (Å²) in [7, 11) is 0. The number of hydrogen-bond donors (Lipinski definition) is 5. The van der Waals surface area contributed by atoms with Gasteiger partial charge in [-0.2, -0.15) is 0 Å². The minimum absolute atomic E-state index is 0.0428. The largest absolute Gasteiger partial charge is 0.481 e. The lowest BCUT2D eigenvalue weighted by Crippen LogP contribution is -2.51. The molecular formula is C25H43N3O10. The summed E-state index contributed by atoms with van der Waals surface area (Å²) in [5.74, 6) is -4.67. The number of unbranched alkanes of at least 4 members (excludes halogenated alkanes) is 5. The number of ether oxygens (including phenoxy) is 2. The molecule has 0 fully saturated rings. The maximum absolute atomic E-state index is 12.4. The Bertz CT molecular complexity index is 732. The molecule has 13 heteroatoms. The Morgan fingerprint density at radius 2 is 1.32 bits per heavy atom. The van der Waals surface area contributed by atoms with Gasteiger partial charge in [-0.05, 0) is 12.8 Å². The van der Waals surface area contributed by atoms with Gasteiger partial charge in [-0.3, -0.25) is 19.2 Å². The SMILES string of the molecule is CCC(=O)N[C@H](C(=O)O)C(CC=O)C(=O)NCCOCCOCCNC(=O)CCCCCCCCC(=O)O. The van der Waals surface area contributed by atoms with Crippen LogP contribution in [-0.2, 0) is 38.2 Å². The first-order valence-corrected chi connectivity index (χ1v) is 13.1. The van der Waals surface area contributed by atoms with Crippen LogP contribution in [0.5, 0.6) is 0 Å². The van der Waals surface area contributed by atoms with Crippen molar-refractivity contribution in [1.29, 1.82) is 0 Å². The topological polar surface area (TPSA) is 197 Å². The van der Waals surface area contributed by atoms with Gasteiger partial charge in [-0.15, -0.1) is 0 Å². The molecule has 0 aromatic rings. The molecule has 0 bridgehead atoms. The number of nitrogens with one attached hydrogen (secondary N) is 3. The number of carbonyl (C=O) groups excluding carboxylic acids is 4. The van der Waals surface area contributed by atoms with Gasteiger partial charge in [0.1, 0.15) is 12.3 Å². The number of aldehydes is 1. The van der Waals surface area contributed by atoms with Gasteiger partial charge in [0.05, 0.1) is 32.3 Å². The highest BCUT2D eigenvalue weighted by Crippen LogP contribution is 2.10. The summed E-state index contributed by atoms with van der Waals surface area (Å²) in [6.45, 7) is 2.99. The number of carboxylic acids is 2. The Morgan fingerprint density at radius 1 is 0.763 bits per heavy atom. The summed E-state index contributed by atoms with van der Waals surface area (Å²) in [5.41, 5.74) is 0. The van der Waals surface area contributed by atoms with E-state index in [-0.39, 0.29) is 51.5 Å². The molecule has 0 radical (unpaired) electrons. The van der Waals surface area contributed by atoms with Gasteiger partial charge in [0.15, 0.2) is 0 Å². The van der Waals surface area contributed by atoms with Crippen LogP contribution in [0.15, 0.2) is 0 Å². The molecule has 0 spiro atoms. The van der Waals surface area contributed by atoms with Gasteiger partial charge in [0, 0.05) is 38.8 Å². The Morgan fingerprint density at radius 3 is 1.84 bits per heavy atom. The van der Waals surface area contributed by atoms with Crippen molar-refractivity contribution >= 4 is 35.9 Å². The van der Waals surface area contributed by atoms with E-state index in [9.17, 15) is 33.9 Å². The molecule has 0 saturated carbocycles. The molecule has 0 rings (SSSR count). The average Bonchev–Trinajstić information content (AvgIpc) is 2.87. The highest BCUT2D eigenvalue weighted by molar-refractivity contribution is 5.91. The third-order valence-electron chi connectivity index (χ3n) is 5.52. The average molecular weight is 546 g/mol. The molecule has 0 aliphatic rings. The van der Waals surface area contributed by atoms with Gasteiger partial charge in [0.25, 0.3) is 0 Å². The Hall–Kier alpha value is -3.06. The zero-order chi connectivity index (χ0) is 28.6. The van der Waals surface area contributed by atoms with Gasteiger partial charge in [-0.25, -0.2) is 4.79 Å². The van der Waals surface area contributed by atoms with Crippen LogP contribution >= 0.6 is 0 Å². The molecule has 38 heavy (non-hydrogen) atoms. The zero-order valence-corrected chi connectivity index (χ0v) is 22.2. The Balaban J connectivity index is 3.82. The lowest BCUT2D eigenvalue weighted by Gasteiger charge is -2.22. The van der Waals surface area contributed by atoms with Gasteiger partial charge in [0.2, 0.25) is 17.7 Å². The summed E-state index contributed by atoms with van der Waals surface area (Å²) in [6, 6.07) is -1.51. The van der Waals surface area contributed by atoms with E-state index in [2.05, 4.69) is 16.0 Å². The van der Waals surface area contributed by atoms with Crippen molar-refractivity contribution in [2.45, 2.75) is 77.2 Å². The van der Waals surface area contributed by atoms with E-state index in [1.54, 1.807) is 6.92 Å². The summed E-state index contributed by atoms with van der Waals surface area (Å²) < 4.78 is 10.7. The van der Waals surface area contributed by atoms with Crippen LogP contribution in [0.25, 0.3) is 0 Å². The monoisotopic (exact) mass is 545 g/mol. The third-order valence-corrected chi connectivity index (χ3v) is 5.52. The second-order valence-electron chi connectivity index (χ2n) is 8.63. The van der Waals surface area contributed by atoms with E-state index < -0.39 is 35.7 Å². The minimum Gasteiger partial charge on any atom is -0.481 e. The molecule has 0 aromatic heterocycles. The van der Waals surface area contributed by atoms with E-state index in [4.69, 9.17) is 14.6 Å². The van der Waals surface area contributed by atoms with Gasteiger partial charge < -0.3 is 40.4 Å². The van der Waals surface area contributed by atoms with Crippen LogP contribution in [-0.4, -0.2) is 91.7 Å². The van der Waals surface area contributed by atoms with Crippen LogP contribution in [0.4, 0.5) is 0 Å². The van der Waals surface area contributed by atoms with Crippen molar-refractivity contribution < 1.29 is 48.5 Å². The first kappa shape index (κ1) is 34.9. The number of hydrogen-bond acceptors (Lipinski definition) is 8. The van der Waals surface area contributed by atoms with Crippen molar-refractivity contribution in [3.05, 3.63) is 0 Å². The summed E-state index contributed by atoms with van der Waals surface area (Å²) in [4.78, 5) is 68.5. The fourth-order valence-electron chi connectivity index (χ4n) is 3.43. The van der Waals surface area contributed by atoms with E-state index in [0.717, 1.165) is 32.1 Å². The summed E-state index contributed by atoms with van der Waals surface area (Å²) in [6.07, 6.45) is 6.03. The van der Waals surface area contributed by atoms with Crippen LogP contribution in [0.1, 0.15) is 71.1 Å². The zero-order valence-electron chi connectivity index (χ0n) is 22.2. The number of carboxylic acid groups (broad SMARTS) is 2. The van der Waals surface area contributed by atoms with Crippen molar-refractivity contribution in [3.8, 4) is 0 Å². The maximum Gasteiger partial charge on any atom is 0.327 e. The van der Waals surface area contributed by atoms with Crippen molar-refractivity contribution in [1.82, 2.24) is 16.0 Å². The molecule has 0 aromatic carbocycles. The molecule has 2 atom stereocenters. The van der Waals surface area contributed by atoms with Gasteiger partial charge in [-0.1, -0.05) is 32.6 Å². The van der Waals surface area contributed by atoms with Crippen LogP contribution in [0.2, 0.25) is 0 Å². The minimum atomic E-state index is -1.51. The fraction of sp³-hybridized carbons (Fsp3) is 0.760. The first-order valence-electron chi connectivity index (χ1n) is 13.1. The normalized spacial score (nSPS) is 12.2. The van der Waals surface area contributed by atoms with Crippen LogP contribution in [0, 0.1) is 5.92 Å². The van der Waals surface area contributed by atoms with Gasteiger partial charge >= 0.3 is 11.9 Å². The number of amides is 3. The maximum atomic E-state index is 12.4.